The normalized spacial score (nSPS) is 6.00. The van der Waals surface area contributed by atoms with Crippen molar-refractivity contribution in [3.63, 3.8) is 0 Å². The Morgan fingerprint density at radius 3 is 1.80 bits per heavy atom. The molecule has 0 fully saturated rings. The predicted molar refractivity (Wildman–Crippen MR) is 19.8 cm³/mol. The van der Waals surface area contributed by atoms with Gasteiger partial charge in [0.15, 0.2) is 0 Å². The Kier molecular flexibility index (Phi) is 17.9. The zero-order valence-corrected chi connectivity index (χ0v) is 7.28. The second-order valence-corrected chi connectivity index (χ2v) is 0.632. The summed E-state index contributed by atoms with van der Waals surface area (Å²) in [4.78, 5) is 0. The van der Waals surface area contributed by atoms with E-state index in [0.29, 0.717) is 0 Å². The van der Waals surface area contributed by atoms with Gasteiger partial charge in [-0.2, -0.15) is 13.6 Å². The molecule has 5 heavy (non-hydrogen) atoms. The predicted octanol–water partition coefficient (Wildman–Crippen LogP) is -1.99. The third kappa shape index (κ3) is 10.7. The summed E-state index contributed by atoms with van der Waals surface area (Å²) in [6, 6.07) is 0. The summed E-state index contributed by atoms with van der Waals surface area (Å²) >= 11 is 0. The third-order valence-electron chi connectivity index (χ3n) is 0.316. The van der Waals surface area contributed by atoms with Crippen LogP contribution in [0.5, 0.6) is 0 Å². The Labute approximate surface area is 75.9 Å². The molecule has 0 spiro atoms. The van der Waals surface area contributed by atoms with E-state index in [9.17, 15) is 0 Å². The molecule has 0 N–H and O–H groups in total. The molecule has 0 saturated carbocycles. The van der Waals surface area contributed by atoms with Gasteiger partial charge in [-0.1, -0.05) is 6.92 Å². The summed E-state index contributed by atoms with van der Waals surface area (Å²) in [5, 5.41) is 3.74. The van der Waals surface area contributed by atoms with Crippen molar-refractivity contribution in [2.75, 3.05) is 13.6 Å². The minimum atomic E-state index is 0. The smallest absolute Gasteiger partial charge is 0.665 e. The zero-order chi connectivity index (χ0) is 3.41. The van der Waals surface area contributed by atoms with Gasteiger partial charge in [0.25, 0.3) is 0 Å². The molecule has 0 radical (unpaired) electrons. The van der Waals surface area contributed by atoms with Crippen LogP contribution in [0.3, 0.4) is 0 Å². The minimum absolute atomic E-state index is 0. The fourth-order valence-electron chi connectivity index (χ4n) is 0. The summed E-state index contributed by atoms with van der Waals surface area (Å²) in [5.41, 5.74) is 0. The molecule has 0 amide bonds. The average molecular weight is 97.2 g/mol. The Morgan fingerprint density at radius 1 is 1.60 bits per heavy atom. The molecule has 26 valence electrons. The average Bonchev–Trinajstić information content (AvgIpc) is 1.37. The quantitative estimate of drug-likeness (QED) is 0.336. The molecule has 1 nitrogen and oxygen atoms in total. The van der Waals surface area contributed by atoms with Gasteiger partial charge in [0, 0.05) is 0 Å². The van der Waals surface area contributed by atoms with E-state index in [4.69, 9.17) is 0 Å². The van der Waals surface area contributed by atoms with E-state index in [1.807, 2.05) is 6.92 Å². The van der Waals surface area contributed by atoms with E-state index in [2.05, 4.69) is 5.32 Å². The van der Waals surface area contributed by atoms with Gasteiger partial charge in [-0.25, -0.2) is 0 Å². The van der Waals surface area contributed by atoms with Crippen LogP contribution in [0, 0.1) is 0 Å². The molecular formula is C3H8KN. The second kappa shape index (κ2) is 9.14. The molecule has 0 aromatic carbocycles. The molecule has 0 bridgehead atoms. The van der Waals surface area contributed by atoms with Crippen LogP contribution >= 0.6 is 0 Å². The Hall–Kier alpha value is 1.60. The largest absolute Gasteiger partial charge is 1.00 e. The number of hydrogen-bond acceptors (Lipinski definition) is 0. The van der Waals surface area contributed by atoms with E-state index < -0.39 is 0 Å². The van der Waals surface area contributed by atoms with Crippen molar-refractivity contribution in [2.45, 2.75) is 6.92 Å². The molecule has 0 unspecified atom stereocenters. The number of nitrogens with zero attached hydrogens (tertiary/aromatic N) is 1. The maximum atomic E-state index is 3.74. The Bertz CT molecular complexity index is 8.85. The van der Waals surface area contributed by atoms with Gasteiger partial charge in [0.1, 0.15) is 0 Å². The molecule has 0 heterocycles. The summed E-state index contributed by atoms with van der Waals surface area (Å²) in [6.45, 7) is 2.96. The fourth-order valence-corrected chi connectivity index (χ4v) is 0. The van der Waals surface area contributed by atoms with Gasteiger partial charge in [-0.3, -0.25) is 0 Å². The first-order valence-electron chi connectivity index (χ1n) is 1.47. The van der Waals surface area contributed by atoms with Crippen LogP contribution in [0.4, 0.5) is 0 Å². The van der Waals surface area contributed by atoms with Gasteiger partial charge in [0.05, 0.1) is 0 Å². The Morgan fingerprint density at radius 2 is 1.80 bits per heavy atom. The van der Waals surface area contributed by atoms with E-state index >= 15 is 0 Å². The molecule has 0 aliphatic heterocycles. The van der Waals surface area contributed by atoms with Crippen LogP contribution < -0.4 is 51.4 Å². The van der Waals surface area contributed by atoms with Crippen LogP contribution in [0.15, 0.2) is 0 Å². The number of hydrogen-bond donors (Lipinski definition) is 0. The van der Waals surface area contributed by atoms with Crippen LogP contribution in [0.25, 0.3) is 5.32 Å². The van der Waals surface area contributed by atoms with Crippen LogP contribution in [0.2, 0.25) is 0 Å². The summed E-state index contributed by atoms with van der Waals surface area (Å²) in [6.07, 6.45) is 0. The Balaban J connectivity index is 0. The van der Waals surface area contributed by atoms with Crippen LogP contribution in [-0.2, 0) is 0 Å². The van der Waals surface area contributed by atoms with Crippen LogP contribution in [0.1, 0.15) is 6.92 Å². The monoisotopic (exact) mass is 97.0 g/mol. The SMILES string of the molecule is CC[N-]C.[K+]. The first-order chi connectivity index (χ1) is 1.91. The van der Waals surface area contributed by atoms with Crippen molar-refractivity contribution in [3.8, 4) is 0 Å². The maximum absolute atomic E-state index is 3.74. The summed E-state index contributed by atoms with van der Waals surface area (Å²) < 4.78 is 0. The van der Waals surface area contributed by atoms with Crippen molar-refractivity contribution < 1.29 is 51.4 Å². The molecule has 0 atom stereocenters. The van der Waals surface area contributed by atoms with Crippen molar-refractivity contribution in [1.82, 2.24) is 0 Å². The topological polar surface area (TPSA) is 14.1 Å². The van der Waals surface area contributed by atoms with E-state index in [1.54, 1.807) is 7.05 Å². The van der Waals surface area contributed by atoms with Gasteiger partial charge < -0.3 is 5.32 Å². The van der Waals surface area contributed by atoms with Crippen LogP contribution in [-0.4, -0.2) is 13.6 Å². The number of rotatable bonds is 1. The first-order valence-corrected chi connectivity index (χ1v) is 1.47. The molecule has 0 aromatic rings. The zero-order valence-electron chi connectivity index (χ0n) is 4.15. The van der Waals surface area contributed by atoms with Gasteiger partial charge in [-0.05, 0) is 0 Å². The van der Waals surface area contributed by atoms with E-state index in [0.717, 1.165) is 6.54 Å². The first kappa shape index (κ1) is 9.78. The summed E-state index contributed by atoms with van der Waals surface area (Å²) in [7, 11) is 1.81. The van der Waals surface area contributed by atoms with Gasteiger partial charge >= 0.3 is 51.4 Å². The molecule has 0 aliphatic carbocycles. The van der Waals surface area contributed by atoms with Crippen molar-refractivity contribution in [3.05, 3.63) is 5.32 Å². The molecule has 0 rings (SSSR count). The van der Waals surface area contributed by atoms with Crippen molar-refractivity contribution in [1.29, 1.82) is 0 Å². The molecule has 0 saturated heterocycles. The molecular weight excluding hydrogens is 89.1 g/mol. The van der Waals surface area contributed by atoms with Crippen molar-refractivity contribution in [2.24, 2.45) is 0 Å². The van der Waals surface area contributed by atoms with Crippen molar-refractivity contribution >= 4 is 0 Å². The molecule has 0 aliphatic rings. The standard InChI is InChI=1S/C3H8N.K/c1-3-4-2;/h3H2,1-2H3;/q-1;+1. The summed E-state index contributed by atoms with van der Waals surface area (Å²) in [5.74, 6) is 0. The van der Waals surface area contributed by atoms with Gasteiger partial charge in [-0.15, -0.1) is 0 Å². The molecule has 0 aromatic heterocycles. The third-order valence-corrected chi connectivity index (χ3v) is 0.316. The molecule has 2 heteroatoms. The second-order valence-electron chi connectivity index (χ2n) is 0.632. The maximum Gasteiger partial charge on any atom is 1.00 e. The van der Waals surface area contributed by atoms with Gasteiger partial charge in [0.2, 0.25) is 0 Å². The fraction of sp³-hybridized carbons (Fsp3) is 1.00. The minimum Gasteiger partial charge on any atom is -0.665 e. The van der Waals surface area contributed by atoms with E-state index in [-0.39, 0.29) is 51.4 Å². The van der Waals surface area contributed by atoms with E-state index in [1.165, 1.54) is 0 Å².